The summed E-state index contributed by atoms with van der Waals surface area (Å²) in [6.45, 7) is 1.62. The molecular formula is C25H27N3O3S. The van der Waals surface area contributed by atoms with E-state index in [0.29, 0.717) is 43.2 Å². The second-order valence-electron chi connectivity index (χ2n) is 7.91. The highest BCUT2D eigenvalue weighted by Crippen LogP contribution is 2.22. The van der Waals surface area contributed by atoms with Gasteiger partial charge in [-0.3, -0.25) is 9.69 Å². The third-order valence-electron chi connectivity index (χ3n) is 5.66. The smallest absolute Gasteiger partial charge is 0.243 e. The third-order valence-corrected chi connectivity index (χ3v) is 7.58. The van der Waals surface area contributed by atoms with Crippen LogP contribution < -0.4 is 4.90 Å². The van der Waals surface area contributed by atoms with E-state index >= 15 is 0 Å². The van der Waals surface area contributed by atoms with E-state index in [0.717, 1.165) is 24.0 Å². The number of rotatable bonds is 8. The summed E-state index contributed by atoms with van der Waals surface area (Å²) in [5, 5.41) is 0. The average molecular weight is 450 g/mol. The van der Waals surface area contributed by atoms with E-state index in [4.69, 9.17) is 0 Å². The van der Waals surface area contributed by atoms with Crippen LogP contribution in [-0.4, -0.2) is 36.7 Å². The minimum atomic E-state index is -3.42. The molecule has 0 spiro atoms. The SMILES string of the molecule is O=C(CCc1ccc(S(=O)(=O)N2CCCC2)cc1)N(Cc1ccccc1)c1ccccn1. The molecule has 1 amide bonds. The number of amides is 1. The van der Waals surface area contributed by atoms with Gasteiger partial charge in [0.1, 0.15) is 5.82 Å². The molecule has 1 aromatic heterocycles. The van der Waals surface area contributed by atoms with E-state index in [2.05, 4.69) is 4.98 Å². The maximum atomic E-state index is 13.1. The minimum absolute atomic E-state index is 0.0266. The molecule has 0 unspecified atom stereocenters. The average Bonchev–Trinajstić information content (AvgIpc) is 3.39. The predicted molar refractivity (Wildman–Crippen MR) is 125 cm³/mol. The maximum absolute atomic E-state index is 13.1. The minimum Gasteiger partial charge on any atom is -0.292 e. The molecular weight excluding hydrogens is 422 g/mol. The number of nitrogens with zero attached hydrogens (tertiary/aromatic N) is 3. The van der Waals surface area contributed by atoms with Crippen LogP contribution in [0.2, 0.25) is 0 Å². The molecule has 6 nitrogen and oxygen atoms in total. The summed E-state index contributed by atoms with van der Waals surface area (Å²) in [4.78, 5) is 19.5. The molecule has 1 saturated heterocycles. The van der Waals surface area contributed by atoms with Crippen molar-refractivity contribution in [3.8, 4) is 0 Å². The number of carbonyl (C=O) groups excluding carboxylic acids is 1. The number of carbonyl (C=O) groups is 1. The third kappa shape index (κ3) is 5.23. The molecule has 1 aliphatic heterocycles. The number of aromatic nitrogens is 1. The normalized spacial score (nSPS) is 14.4. The zero-order chi connectivity index (χ0) is 22.4. The van der Waals surface area contributed by atoms with Gasteiger partial charge >= 0.3 is 0 Å². The molecule has 2 aromatic carbocycles. The molecule has 7 heteroatoms. The molecule has 0 N–H and O–H groups in total. The molecule has 3 aromatic rings. The number of pyridine rings is 1. The number of hydrogen-bond donors (Lipinski definition) is 0. The Balaban J connectivity index is 1.43. The van der Waals surface area contributed by atoms with E-state index in [1.807, 2.05) is 48.5 Å². The largest absolute Gasteiger partial charge is 0.292 e. The van der Waals surface area contributed by atoms with Gasteiger partial charge in [0, 0.05) is 25.7 Å². The Kier molecular flexibility index (Phi) is 6.97. The molecule has 4 rings (SSSR count). The Morgan fingerprint density at radius 1 is 0.875 bits per heavy atom. The van der Waals surface area contributed by atoms with Crippen molar-refractivity contribution in [1.82, 2.24) is 9.29 Å². The molecule has 1 aliphatic rings. The lowest BCUT2D eigenvalue weighted by atomic mass is 10.1. The highest BCUT2D eigenvalue weighted by atomic mass is 32.2. The van der Waals surface area contributed by atoms with Crippen LogP contribution in [0.15, 0.2) is 83.9 Å². The number of sulfonamides is 1. The highest BCUT2D eigenvalue weighted by Gasteiger charge is 2.27. The molecule has 0 saturated carbocycles. The summed E-state index contributed by atoms with van der Waals surface area (Å²) in [6.07, 6.45) is 4.34. The first-order chi connectivity index (χ1) is 15.5. The van der Waals surface area contributed by atoms with Crippen LogP contribution >= 0.6 is 0 Å². The zero-order valence-electron chi connectivity index (χ0n) is 17.9. The fraction of sp³-hybridized carbons (Fsp3) is 0.280. The second-order valence-corrected chi connectivity index (χ2v) is 9.85. The van der Waals surface area contributed by atoms with Gasteiger partial charge in [-0.15, -0.1) is 0 Å². The van der Waals surface area contributed by atoms with Crippen molar-refractivity contribution in [2.75, 3.05) is 18.0 Å². The van der Waals surface area contributed by atoms with Crippen LogP contribution in [-0.2, 0) is 27.8 Å². The van der Waals surface area contributed by atoms with Gasteiger partial charge in [-0.25, -0.2) is 13.4 Å². The van der Waals surface area contributed by atoms with Gasteiger partial charge in [0.15, 0.2) is 0 Å². The van der Waals surface area contributed by atoms with Gasteiger partial charge in [-0.2, -0.15) is 4.31 Å². The van der Waals surface area contributed by atoms with Crippen molar-refractivity contribution in [1.29, 1.82) is 0 Å². The number of anilines is 1. The van der Waals surface area contributed by atoms with Gasteiger partial charge < -0.3 is 0 Å². The molecule has 2 heterocycles. The fourth-order valence-corrected chi connectivity index (χ4v) is 5.39. The summed E-state index contributed by atoms with van der Waals surface area (Å²) in [7, 11) is -3.42. The van der Waals surface area contributed by atoms with Crippen molar-refractivity contribution in [3.63, 3.8) is 0 Å². The van der Waals surface area contributed by atoms with Gasteiger partial charge in [0.05, 0.1) is 11.4 Å². The standard InChI is InChI=1S/C25H27N3O3S/c29-25(28(24-10-4-5-17-26-24)20-22-8-2-1-3-9-22)16-13-21-11-14-23(15-12-21)32(30,31)27-18-6-7-19-27/h1-5,8-12,14-15,17H,6-7,13,16,18-20H2. The first-order valence-electron chi connectivity index (χ1n) is 10.9. The zero-order valence-corrected chi connectivity index (χ0v) is 18.7. The van der Waals surface area contributed by atoms with Crippen LogP contribution in [0, 0.1) is 0 Å². The number of aryl methyl sites for hydroxylation is 1. The van der Waals surface area contributed by atoms with E-state index < -0.39 is 10.0 Å². The van der Waals surface area contributed by atoms with Crippen LogP contribution in [0.1, 0.15) is 30.4 Å². The second kappa shape index (κ2) is 10.1. The summed E-state index contributed by atoms with van der Waals surface area (Å²) in [5.41, 5.74) is 1.96. The topological polar surface area (TPSA) is 70.6 Å². The quantitative estimate of drug-likeness (QED) is 0.521. The number of benzene rings is 2. The number of hydrogen-bond acceptors (Lipinski definition) is 4. The Labute approximate surface area is 189 Å². The molecule has 0 atom stereocenters. The van der Waals surface area contributed by atoms with Crippen LogP contribution in [0.5, 0.6) is 0 Å². The first kappa shape index (κ1) is 22.2. The summed E-state index contributed by atoms with van der Waals surface area (Å²) in [5.74, 6) is 0.592. The molecule has 0 aliphatic carbocycles. The van der Waals surface area contributed by atoms with E-state index in [-0.39, 0.29) is 5.91 Å². The van der Waals surface area contributed by atoms with Gasteiger partial charge in [0.2, 0.25) is 15.9 Å². The van der Waals surface area contributed by atoms with Crippen molar-refractivity contribution in [2.24, 2.45) is 0 Å². The van der Waals surface area contributed by atoms with Gasteiger partial charge in [-0.05, 0) is 54.7 Å². The van der Waals surface area contributed by atoms with Crippen molar-refractivity contribution >= 4 is 21.7 Å². The first-order valence-corrected chi connectivity index (χ1v) is 12.3. The lowest BCUT2D eigenvalue weighted by Gasteiger charge is -2.22. The fourth-order valence-electron chi connectivity index (χ4n) is 3.87. The van der Waals surface area contributed by atoms with E-state index in [1.54, 1.807) is 39.7 Å². The highest BCUT2D eigenvalue weighted by molar-refractivity contribution is 7.89. The summed E-state index contributed by atoms with van der Waals surface area (Å²) in [6, 6.07) is 22.3. The van der Waals surface area contributed by atoms with Crippen LogP contribution in [0.25, 0.3) is 0 Å². The monoisotopic (exact) mass is 449 g/mol. The molecule has 32 heavy (non-hydrogen) atoms. The molecule has 166 valence electrons. The van der Waals surface area contributed by atoms with Crippen LogP contribution in [0.4, 0.5) is 5.82 Å². The summed E-state index contributed by atoms with van der Waals surface area (Å²) >= 11 is 0. The van der Waals surface area contributed by atoms with Gasteiger partial charge in [-0.1, -0.05) is 48.5 Å². The maximum Gasteiger partial charge on any atom is 0.243 e. The molecule has 0 radical (unpaired) electrons. The predicted octanol–water partition coefficient (Wildman–Crippen LogP) is 4.03. The van der Waals surface area contributed by atoms with E-state index in [1.165, 1.54) is 0 Å². The Morgan fingerprint density at radius 3 is 2.22 bits per heavy atom. The molecule has 1 fully saturated rings. The van der Waals surface area contributed by atoms with Crippen molar-refractivity contribution in [2.45, 2.75) is 37.1 Å². The van der Waals surface area contributed by atoms with Crippen LogP contribution in [0.3, 0.4) is 0 Å². The Morgan fingerprint density at radius 2 is 1.56 bits per heavy atom. The van der Waals surface area contributed by atoms with Crippen molar-refractivity contribution in [3.05, 3.63) is 90.1 Å². The Hall–Kier alpha value is -3.03. The lowest BCUT2D eigenvalue weighted by molar-refractivity contribution is -0.118. The molecule has 0 bridgehead atoms. The lowest BCUT2D eigenvalue weighted by Crippen LogP contribution is -2.31. The Bertz CT molecular complexity index is 1130. The summed E-state index contributed by atoms with van der Waals surface area (Å²) < 4.78 is 26.9. The van der Waals surface area contributed by atoms with Gasteiger partial charge in [0.25, 0.3) is 0 Å². The van der Waals surface area contributed by atoms with E-state index in [9.17, 15) is 13.2 Å². The van der Waals surface area contributed by atoms with Crippen molar-refractivity contribution < 1.29 is 13.2 Å².